The molecule has 1 aromatic heterocycles. The minimum absolute atomic E-state index is 0.121. The van der Waals surface area contributed by atoms with E-state index in [0.29, 0.717) is 11.7 Å². The van der Waals surface area contributed by atoms with E-state index in [1.165, 1.54) is 0 Å². The molecule has 0 saturated heterocycles. The second-order valence-corrected chi connectivity index (χ2v) is 7.36. The second-order valence-electron chi connectivity index (χ2n) is 5.09. The van der Waals surface area contributed by atoms with E-state index >= 15 is 0 Å². The largest absolute Gasteiger partial charge is 0.338 e. The Hall–Kier alpha value is -1.69. The first-order valence-electron chi connectivity index (χ1n) is 6.46. The van der Waals surface area contributed by atoms with Crippen LogP contribution in [0.4, 0.5) is 0 Å². The summed E-state index contributed by atoms with van der Waals surface area (Å²) >= 11 is 0. The van der Waals surface area contributed by atoms with Crippen LogP contribution in [-0.4, -0.2) is 18.6 Å². The number of nitrogens with zero attached hydrogens (tertiary/aromatic N) is 2. The van der Waals surface area contributed by atoms with Crippen molar-refractivity contribution < 1.29 is 12.9 Å². The topological polar surface area (TPSA) is 73.1 Å². The minimum Gasteiger partial charge on any atom is -0.338 e. The molecule has 0 saturated carbocycles. The quantitative estimate of drug-likeness (QED) is 0.866. The van der Waals surface area contributed by atoms with Crippen LogP contribution in [0.2, 0.25) is 0 Å². The van der Waals surface area contributed by atoms with Gasteiger partial charge in [0, 0.05) is 0 Å². The van der Waals surface area contributed by atoms with E-state index < -0.39 is 15.1 Å². The van der Waals surface area contributed by atoms with Crippen molar-refractivity contribution in [3.63, 3.8) is 0 Å². The molecule has 20 heavy (non-hydrogen) atoms. The lowest BCUT2D eigenvalue weighted by molar-refractivity contribution is 0.373. The number of hydrogen-bond acceptors (Lipinski definition) is 5. The number of rotatable bonds is 4. The summed E-state index contributed by atoms with van der Waals surface area (Å²) < 4.78 is 29.9. The predicted octanol–water partition coefficient (Wildman–Crippen LogP) is 3.04. The first-order valence-corrected chi connectivity index (χ1v) is 8.01. The van der Waals surface area contributed by atoms with Crippen molar-refractivity contribution in [2.45, 2.75) is 43.8 Å². The van der Waals surface area contributed by atoms with Crippen LogP contribution >= 0.6 is 0 Å². The lowest BCUT2D eigenvalue weighted by Crippen LogP contribution is -2.11. The van der Waals surface area contributed by atoms with Crippen LogP contribution in [0.1, 0.15) is 49.2 Å². The van der Waals surface area contributed by atoms with Gasteiger partial charge in [0.25, 0.3) is 0 Å². The molecular formula is C14H18N2O3S. The smallest absolute Gasteiger partial charge is 0.245 e. The summed E-state index contributed by atoms with van der Waals surface area (Å²) in [6.07, 6.45) is 0. The average molecular weight is 294 g/mol. The number of benzene rings is 1. The number of aromatic nitrogens is 2. The van der Waals surface area contributed by atoms with Gasteiger partial charge in [-0.1, -0.05) is 31.1 Å². The van der Waals surface area contributed by atoms with Crippen molar-refractivity contribution in [3.8, 4) is 0 Å². The maximum Gasteiger partial charge on any atom is 0.245 e. The van der Waals surface area contributed by atoms with Crippen LogP contribution in [0.15, 0.2) is 33.7 Å². The lowest BCUT2D eigenvalue weighted by atomic mass is 10.0. The summed E-state index contributed by atoms with van der Waals surface area (Å²) in [5.41, 5.74) is 1.10. The molecule has 2 aromatic rings. The van der Waals surface area contributed by atoms with Gasteiger partial charge >= 0.3 is 0 Å². The average Bonchev–Trinajstić information content (AvgIpc) is 2.84. The van der Waals surface area contributed by atoms with Gasteiger partial charge in [-0.15, -0.1) is 0 Å². The molecule has 1 atom stereocenters. The highest BCUT2D eigenvalue weighted by atomic mass is 32.2. The summed E-state index contributed by atoms with van der Waals surface area (Å²) in [5, 5.41) is 2.78. The molecular weight excluding hydrogens is 276 g/mol. The molecule has 0 aliphatic rings. The van der Waals surface area contributed by atoms with Crippen molar-refractivity contribution in [1.29, 1.82) is 0 Å². The van der Waals surface area contributed by atoms with Gasteiger partial charge in [0.2, 0.25) is 5.89 Å². The number of hydrogen-bond donors (Lipinski definition) is 0. The SMILES string of the molecule is Cc1noc(C(C)S(=O)(=O)c2ccc(C(C)C)cc2)n1. The molecule has 1 aromatic carbocycles. The summed E-state index contributed by atoms with van der Waals surface area (Å²) in [5.74, 6) is 0.912. The fraction of sp³-hybridized carbons (Fsp3) is 0.429. The molecule has 0 radical (unpaired) electrons. The van der Waals surface area contributed by atoms with E-state index in [0.717, 1.165) is 5.56 Å². The van der Waals surface area contributed by atoms with E-state index in [4.69, 9.17) is 4.52 Å². The van der Waals surface area contributed by atoms with Crippen LogP contribution in [0.5, 0.6) is 0 Å². The van der Waals surface area contributed by atoms with Crippen molar-refractivity contribution in [2.24, 2.45) is 0 Å². The molecule has 0 spiro atoms. The lowest BCUT2D eigenvalue weighted by Gasteiger charge is -2.10. The molecule has 0 aliphatic heterocycles. The van der Waals surface area contributed by atoms with Crippen molar-refractivity contribution in [2.75, 3.05) is 0 Å². The monoisotopic (exact) mass is 294 g/mol. The molecule has 0 fully saturated rings. The molecule has 1 heterocycles. The fourth-order valence-corrected chi connectivity index (χ4v) is 3.14. The van der Waals surface area contributed by atoms with Gasteiger partial charge in [0.15, 0.2) is 15.7 Å². The standard InChI is InChI=1S/C14H18N2O3S/c1-9(2)12-5-7-13(8-6-12)20(17,18)10(3)14-15-11(4)16-19-14/h5-10H,1-4H3. The normalized spacial score (nSPS) is 13.7. The third kappa shape index (κ3) is 2.75. The van der Waals surface area contributed by atoms with Crippen LogP contribution in [0, 0.1) is 6.92 Å². The number of aryl methyl sites for hydroxylation is 1. The third-order valence-electron chi connectivity index (χ3n) is 3.23. The van der Waals surface area contributed by atoms with Gasteiger partial charge in [-0.05, 0) is 37.5 Å². The number of sulfone groups is 1. The van der Waals surface area contributed by atoms with Gasteiger partial charge < -0.3 is 4.52 Å². The van der Waals surface area contributed by atoms with Crippen LogP contribution in [-0.2, 0) is 9.84 Å². The van der Waals surface area contributed by atoms with Crippen molar-refractivity contribution in [1.82, 2.24) is 10.1 Å². The predicted molar refractivity (Wildman–Crippen MR) is 75.2 cm³/mol. The maximum absolute atomic E-state index is 12.5. The molecule has 0 amide bonds. The zero-order chi connectivity index (χ0) is 14.9. The van der Waals surface area contributed by atoms with Crippen molar-refractivity contribution in [3.05, 3.63) is 41.5 Å². The van der Waals surface area contributed by atoms with Gasteiger partial charge in [-0.25, -0.2) is 8.42 Å². The van der Waals surface area contributed by atoms with Crippen molar-refractivity contribution >= 4 is 9.84 Å². The van der Waals surface area contributed by atoms with E-state index in [2.05, 4.69) is 24.0 Å². The highest BCUT2D eigenvalue weighted by Crippen LogP contribution is 2.28. The highest BCUT2D eigenvalue weighted by molar-refractivity contribution is 7.91. The van der Waals surface area contributed by atoms with Crippen LogP contribution < -0.4 is 0 Å². The Morgan fingerprint density at radius 2 is 1.70 bits per heavy atom. The Bertz CT molecular complexity index is 687. The maximum atomic E-state index is 12.5. The summed E-state index contributed by atoms with van der Waals surface area (Å²) in [6.45, 7) is 7.34. The molecule has 1 unspecified atom stereocenters. The third-order valence-corrected chi connectivity index (χ3v) is 5.29. The van der Waals surface area contributed by atoms with E-state index in [-0.39, 0.29) is 10.8 Å². The molecule has 0 bridgehead atoms. The minimum atomic E-state index is -3.52. The van der Waals surface area contributed by atoms with Gasteiger partial charge in [0.1, 0.15) is 5.25 Å². The Morgan fingerprint density at radius 3 is 2.15 bits per heavy atom. The summed E-state index contributed by atoms with van der Waals surface area (Å²) in [4.78, 5) is 4.26. The highest BCUT2D eigenvalue weighted by Gasteiger charge is 2.29. The molecule has 2 rings (SSSR count). The Labute approximate surface area is 118 Å². The van der Waals surface area contributed by atoms with Gasteiger partial charge in [0.05, 0.1) is 4.90 Å². The second kappa shape index (κ2) is 5.36. The molecule has 6 heteroatoms. The molecule has 108 valence electrons. The zero-order valence-electron chi connectivity index (χ0n) is 12.0. The molecule has 0 N–H and O–H groups in total. The first-order chi connectivity index (χ1) is 9.32. The summed E-state index contributed by atoms with van der Waals surface area (Å²) in [6, 6.07) is 6.93. The summed E-state index contributed by atoms with van der Waals surface area (Å²) in [7, 11) is -3.52. The van der Waals surface area contributed by atoms with Gasteiger partial charge in [-0.3, -0.25) is 0 Å². The Morgan fingerprint density at radius 1 is 1.10 bits per heavy atom. The van der Waals surface area contributed by atoms with Gasteiger partial charge in [-0.2, -0.15) is 4.98 Å². The van der Waals surface area contributed by atoms with Crippen LogP contribution in [0.3, 0.4) is 0 Å². The van der Waals surface area contributed by atoms with E-state index in [1.54, 1.807) is 26.0 Å². The van der Waals surface area contributed by atoms with E-state index in [1.807, 2.05) is 12.1 Å². The molecule has 0 aliphatic carbocycles. The van der Waals surface area contributed by atoms with E-state index in [9.17, 15) is 8.42 Å². The Kier molecular flexibility index (Phi) is 3.94. The zero-order valence-corrected chi connectivity index (χ0v) is 12.8. The van der Waals surface area contributed by atoms with Crippen LogP contribution in [0.25, 0.3) is 0 Å². The fourth-order valence-electron chi connectivity index (χ4n) is 1.86. The molecule has 5 nitrogen and oxygen atoms in total. The first kappa shape index (κ1) is 14.7. The Balaban J connectivity index is 2.34.